The van der Waals surface area contributed by atoms with Gasteiger partial charge in [0.2, 0.25) is 10.0 Å². The van der Waals surface area contributed by atoms with Gasteiger partial charge in [-0.15, -0.1) is 0 Å². The maximum absolute atomic E-state index is 11.7. The van der Waals surface area contributed by atoms with E-state index in [0.29, 0.717) is 16.3 Å². The molecule has 0 fully saturated rings. The molecule has 2 aromatic heterocycles. The first-order chi connectivity index (χ1) is 12.8. The number of carbonyl (C=O) groups excluding carboxylic acids is 1. The summed E-state index contributed by atoms with van der Waals surface area (Å²) >= 11 is 5.93. The molecule has 0 aliphatic rings. The molecule has 0 radical (unpaired) electrons. The first-order valence-electron chi connectivity index (χ1n) is 7.82. The van der Waals surface area contributed by atoms with Crippen LogP contribution in [0.25, 0.3) is 16.9 Å². The second-order valence-electron chi connectivity index (χ2n) is 5.72. The quantitative estimate of drug-likeness (QED) is 0.677. The zero-order chi connectivity index (χ0) is 19.4. The summed E-state index contributed by atoms with van der Waals surface area (Å²) in [5, 5.41) is 7.72. The monoisotopic (exact) mass is 405 g/mol. The normalized spacial score (nSPS) is 11.2. The number of hydrogen-bond acceptors (Lipinski definition) is 5. The van der Waals surface area contributed by atoms with Crippen LogP contribution in [0.3, 0.4) is 0 Å². The number of carbonyl (C=O) groups is 1. The fourth-order valence-corrected chi connectivity index (χ4v) is 2.93. The fourth-order valence-electron chi connectivity index (χ4n) is 2.40. The molecule has 27 heavy (non-hydrogen) atoms. The zero-order valence-corrected chi connectivity index (χ0v) is 15.8. The lowest BCUT2D eigenvalue weighted by Gasteiger charge is -2.06. The summed E-state index contributed by atoms with van der Waals surface area (Å²) in [6.45, 7) is 0.0899. The summed E-state index contributed by atoms with van der Waals surface area (Å²) in [5.41, 5.74) is 2.96. The first kappa shape index (κ1) is 18.9. The van der Waals surface area contributed by atoms with E-state index in [0.717, 1.165) is 17.5 Å². The number of amides is 2. The van der Waals surface area contributed by atoms with Gasteiger partial charge in [-0.25, -0.2) is 22.6 Å². The number of urea groups is 1. The molecule has 2 N–H and O–H groups in total. The molecule has 140 valence electrons. The lowest BCUT2D eigenvalue weighted by Crippen LogP contribution is -2.38. The van der Waals surface area contributed by atoms with Gasteiger partial charge >= 0.3 is 6.03 Å². The lowest BCUT2D eigenvalue weighted by molar-refractivity contribution is 0.245. The molecule has 2 heterocycles. The third-order valence-electron chi connectivity index (χ3n) is 3.55. The largest absolute Gasteiger partial charge is 0.333 e. The van der Waals surface area contributed by atoms with E-state index in [2.05, 4.69) is 15.4 Å². The van der Waals surface area contributed by atoms with Crippen LogP contribution in [0.1, 0.15) is 5.56 Å². The SMILES string of the molecule is CS(=O)(=O)NC(=O)NCc1cn(-c2ccc(Cl)cc2)nc1-c1ccncc1. The molecule has 0 aliphatic carbocycles. The number of pyridine rings is 1. The van der Waals surface area contributed by atoms with Crippen LogP contribution in [0.5, 0.6) is 0 Å². The average molecular weight is 406 g/mol. The molecule has 2 amide bonds. The van der Waals surface area contributed by atoms with Gasteiger partial charge in [-0.1, -0.05) is 11.6 Å². The highest BCUT2D eigenvalue weighted by Crippen LogP contribution is 2.23. The van der Waals surface area contributed by atoms with Gasteiger partial charge < -0.3 is 5.32 Å². The van der Waals surface area contributed by atoms with Crippen LogP contribution in [-0.2, 0) is 16.6 Å². The van der Waals surface area contributed by atoms with Gasteiger partial charge in [-0.05, 0) is 36.4 Å². The molecule has 0 saturated heterocycles. The van der Waals surface area contributed by atoms with Crippen molar-refractivity contribution in [3.8, 4) is 16.9 Å². The van der Waals surface area contributed by atoms with Crippen molar-refractivity contribution < 1.29 is 13.2 Å². The standard InChI is InChI=1S/C17H16ClN5O3S/c1-27(25,26)22-17(24)20-10-13-11-23(15-4-2-14(18)3-5-15)21-16(13)12-6-8-19-9-7-12/h2-9,11H,10H2,1H3,(H2,20,22,24). The summed E-state index contributed by atoms with van der Waals surface area (Å²) in [6.07, 6.45) is 5.96. The minimum Gasteiger partial charge on any atom is -0.333 e. The third-order valence-corrected chi connectivity index (χ3v) is 4.36. The number of sulfonamides is 1. The number of nitrogens with one attached hydrogen (secondary N) is 2. The van der Waals surface area contributed by atoms with Gasteiger partial charge in [0.25, 0.3) is 0 Å². The maximum atomic E-state index is 11.7. The summed E-state index contributed by atoms with van der Waals surface area (Å²) in [4.78, 5) is 15.7. The van der Waals surface area contributed by atoms with Crippen LogP contribution in [0.15, 0.2) is 55.0 Å². The van der Waals surface area contributed by atoms with Gasteiger partial charge in [-0.3, -0.25) is 4.98 Å². The number of hydrogen-bond donors (Lipinski definition) is 2. The van der Waals surface area contributed by atoms with E-state index in [4.69, 9.17) is 11.6 Å². The Labute approximate surface area is 161 Å². The Kier molecular flexibility index (Phi) is 5.43. The van der Waals surface area contributed by atoms with Crippen molar-refractivity contribution in [1.29, 1.82) is 0 Å². The number of halogens is 1. The zero-order valence-electron chi connectivity index (χ0n) is 14.3. The van der Waals surface area contributed by atoms with Crippen molar-refractivity contribution in [2.75, 3.05) is 6.26 Å². The molecule has 3 rings (SSSR count). The molecule has 8 nitrogen and oxygen atoms in total. The highest BCUT2D eigenvalue weighted by atomic mass is 35.5. The van der Waals surface area contributed by atoms with Crippen LogP contribution in [-0.4, -0.2) is 35.5 Å². The Morgan fingerprint density at radius 2 is 1.81 bits per heavy atom. The second-order valence-corrected chi connectivity index (χ2v) is 7.90. The van der Waals surface area contributed by atoms with E-state index in [-0.39, 0.29) is 6.54 Å². The Morgan fingerprint density at radius 3 is 2.44 bits per heavy atom. The van der Waals surface area contributed by atoms with Crippen LogP contribution in [0.4, 0.5) is 4.79 Å². The molecule has 0 spiro atoms. The van der Waals surface area contributed by atoms with Gasteiger partial charge in [0.15, 0.2) is 0 Å². The number of rotatable bonds is 5. The highest BCUT2D eigenvalue weighted by molar-refractivity contribution is 7.89. The third kappa shape index (κ3) is 5.05. The van der Waals surface area contributed by atoms with Crippen molar-refractivity contribution in [2.45, 2.75) is 6.54 Å². The smallest absolute Gasteiger partial charge is 0.328 e. The maximum Gasteiger partial charge on any atom is 0.328 e. The van der Waals surface area contributed by atoms with Crippen molar-refractivity contribution >= 4 is 27.7 Å². The Bertz CT molecular complexity index is 1050. The molecule has 0 atom stereocenters. The minimum absolute atomic E-state index is 0.0899. The van der Waals surface area contributed by atoms with Gasteiger partial charge in [0.1, 0.15) is 0 Å². The van der Waals surface area contributed by atoms with Gasteiger partial charge in [0.05, 0.1) is 17.6 Å². The summed E-state index contributed by atoms with van der Waals surface area (Å²) in [5.74, 6) is 0. The van der Waals surface area contributed by atoms with Gasteiger partial charge in [0, 0.05) is 41.3 Å². The predicted octanol–water partition coefficient (Wildman–Crippen LogP) is 2.35. The molecule has 3 aromatic rings. The van der Waals surface area contributed by atoms with Crippen molar-refractivity contribution in [2.24, 2.45) is 0 Å². The van der Waals surface area contributed by atoms with Crippen LogP contribution < -0.4 is 10.0 Å². The summed E-state index contributed by atoms with van der Waals surface area (Å²) in [7, 11) is -3.64. The first-order valence-corrected chi connectivity index (χ1v) is 10.1. The molecule has 1 aromatic carbocycles. The van der Waals surface area contributed by atoms with E-state index >= 15 is 0 Å². The molecule has 0 bridgehead atoms. The Hall–Kier alpha value is -2.91. The number of nitrogens with zero attached hydrogens (tertiary/aromatic N) is 3. The topological polar surface area (TPSA) is 106 Å². The van der Waals surface area contributed by atoms with Gasteiger partial charge in [-0.2, -0.15) is 5.10 Å². The summed E-state index contributed by atoms with van der Waals surface area (Å²) in [6, 6.07) is 9.93. The number of benzene rings is 1. The molecule has 0 aliphatic heterocycles. The molecule has 0 unspecified atom stereocenters. The Balaban J connectivity index is 1.91. The molecule has 0 saturated carbocycles. The fraction of sp³-hybridized carbons (Fsp3) is 0.118. The van der Waals surface area contributed by atoms with Crippen molar-refractivity contribution in [3.63, 3.8) is 0 Å². The van der Waals surface area contributed by atoms with E-state index in [1.165, 1.54) is 0 Å². The van der Waals surface area contributed by atoms with Crippen LogP contribution in [0, 0.1) is 0 Å². The van der Waals surface area contributed by atoms with E-state index in [1.807, 2.05) is 16.9 Å². The molecular weight excluding hydrogens is 390 g/mol. The van der Waals surface area contributed by atoms with E-state index in [1.54, 1.807) is 47.5 Å². The number of aromatic nitrogens is 3. The van der Waals surface area contributed by atoms with Crippen molar-refractivity contribution in [1.82, 2.24) is 24.8 Å². The van der Waals surface area contributed by atoms with Crippen LogP contribution in [0.2, 0.25) is 5.02 Å². The van der Waals surface area contributed by atoms with E-state index < -0.39 is 16.1 Å². The van der Waals surface area contributed by atoms with Crippen molar-refractivity contribution in [3.05, 3.63) is 65.6 Å². The predicted molar refractivity (Wildman–Crippen MR) is 102 cm³/mol. The van der Waals surface area contributed by atoms with Crippen LogP contribution >= 0.6 is 11.6 Å². The minimum atomic E-state index is -3.64. The average Bonchev–Trinajstić information content (AvgIpc) is 3.04. The second kappa shape index (κ2) is 7.77. The molecular formula is C17H16ClN5O3S. The molecule has 10 heteroatoms. The Morgan fingerprint density at radius 1 is 1.15 bits per heavy atom. The summed E-state index contributed by atoms with van der Waals surface area (Å²) < 4.78 is 25.8. The highest BCUT2D eigenvalue weighted by Gasteiger charge is 2.14. The lowest BCUT2D eigenvalue weighted by atomic mass is 10.1. The van der Waals surface area contributed by atoms with E-state index in [9.17, 15) is 13.2 Å².